The molecule has 1 aromatic carbocycles. The topological polar surface area (TPSA) is 26.0 Å². The molecule has 0 aliphatic rings. The summed E-state index contributed by atoms with van der Waals surface area (Å²) < 4.78 is 12.5. The van der Waals surface area contributed by atoms with Gasteiger partial charge in [-0.15, -0.1) is 0 Å². The lowest BCUT2D eigenvalue weighted by Crippen LogP contribution is -1.65. The summed E-state index contributed by atoms with van der Waals surface area (Å²) >= 11 is 0. The van der Waals surface area contributed by atoms with E-state index < -0.39 is 0 Å². The van der Waals surface area contributed by atoms with Crippen molar-refractivity contribution < 1.29 is 5.79 Å². The first-order valence-corrected chi connectivity index (χ1v) is 3.09. The maximum absolute atomic E-state index is 7.30. The van der Waals surface area contributed by atoms with Crippen LogP contribution in [0, 0.1) is 6.92 Å². The van der Waals surface area contributed by atoms with E-state index in [-0.39, 0.29) is 0 Å². The molecule has 0 aliphatic carbocycles. The van der Waals surface area contributed by atoms with Gasteiger partial charge in [-0.2, -0.15) is 0 Å². The summed E-state index contributed by atoms with van der Waals surface area (Å²) in [5.41, 5.74) is 1.51. The van der Waals surface area contributed by atoms with E-state index >= 15 is 0 Å². The zero-order valence-corrected chi connectivity index (χ0v) is 5.59. The van der Waals surface area contributed by atoms with Crippen molar-refractivity contribution in [3.05, 3.63) is 30.1 Å². The van der Waals surface area contributed by atoms with Crippen LogP contribution in [0.4, 0.5) is 0 Å². The van der Waals surface area contributed by atoms with Crippen LogP contribution in [0.15, 0.2) is 28.7 Å². The largest absolute Gasteiger partial charge is 0.441 e. The third kappa shape index (κ3) is 0.692. The van der Waals surface area contributed by atoms with E-state index in [0.717, 1.165) is 11.1 Å². The van der Waals surface area contributed by atoms with Crippen LogP contribution in [0.1, 0.15) is 7.26 Å². The summed E-state index contributed by atoms with van der Waals surface area (Å²) in [5.74, 6) is 0.644. The van der Waals surface area contributed by atoms with Gasteiger partial charge in [0.1, 0.15) is 5.52 Å². The molecular weight excluding hydrogens is 126 g/mol. The molecule has 0 unspecified atom stereocenters. The van der Waals surface area contributed by atoms with Crippen LogP contribution < -0.4 is 0 Å². The number of aryl methyl sites for hydroxylation is 1. The van der Waals surface area contributed by atoms with E-state index in [0.29, 0.717) is 11.9 Å². The second kappa shape index (κ2) is 1.84. The van der Waals surface area contributed by atoms with E-state index in [2.05, 4.69) is 4.98 Å². The van der Waals surface area contributed by atoms with Crippen LogP contribution >= 0.6 is 0 Å². The second-order valence-electron chi connectivity index (χ2n) is 2.13. The predicted octanol–water partition coefficient (Wildman–Crippen LogP) is 2.14. The minimum Gasteiger partial charge on any atom is -0.441 e. The van der Waals surface area contributed by atoms with Crippen molar-refractivity contribution >= 4 is 11.1 Å². The Hall–Kier alpha value is -1.31. The number of fused-ring (bicyclic) bond motifs is 1. The lowest BCUT2D eigenvalue weighted by Gasteiger charge is -1.79. The third-order valence-corrected chi connectivity index (χ3v) is 1.34. The van der Waals surface area contributed by atoms with Gasteiger partial charge >= 0.3 is 0 Å². The van der Waals surface area contributed by atoms with Gasteiger partial charge in [-0.25, -0.2) is 4.98 Å². The summed E-state index contributed by atoms with van der Waals surface area (Å²) in [6, 6.07) is 5.60. The van der Waals surface area contributed by atoms with E-state index in [1.807, 2.05) is 0 Å². The summed E-state index contributed by atoms with van der Waals surface area (Å²) in [5, 5.41) is 0. The van der Waals surface area contributed by atoms with Crippen molar-refractivity contribution in [1.82, 2.24) is 4.98 Å². The van der Waals surface area contributed by atoms with Gasteiger partial charge in [0.15, 0.2) is 11.5 Å². The molecule has 2 aromatic rings. The van der Waals surface area contributed by atoms with Gasteiger partial charge in [-0.05, 0) is 12.1 Å². The Morgan fingerprint density at radius 2 is 2.50 bits per heavy atom. The molecule has 1 heterocycles. The molecule has 0 spiro atoms. The first kappa shape index (κ1) is 4.50. The molecular formula is C8H7NO. The Labute approximate surface area is 59.9 Å². The molecule has 0 aliphatic heterocycles. The molecule has 10 heavy (non-hydrogen) atoms. The van der Waals surface area contributed by atoms with Crippen LogP contribution in [0.3, 0.4) is 0 Å². The first-order chi connectivity index (χ1) is 5.25. The Bertz CT molecular complexity index is 394. The normalized spacial score (nSPS) is 11.9. The lowest BCUT2D eigenvalue weighted by molar-refractivity contribution is 0.561. The maximum Gasteiger partial charge on any atom is 0.192 e. The quantitative estimate of drug-likeness (QED) is 0.551. The zero-order chi connectivity index (χ0) is 7.84. The van der Waals surface area contributed by atoms with Crippen molar-refractivity contribution in [2.45, 2.75) is 6.92 Å². The van der Waals surface area contributed by atoms with Gasteiger partial charge in [0.05, 0.1) is 1.37 Å². The van der Waals surface area contributed by atoms with Crippen LogP contribution in [-0.4, -0.2) is 4.98 Å². The number of hydrogen-bond acceptors (Lipinski definition) is 2. The van der Waals surface area contributed by atoms with E-state index in [1.54, 1.807) is 25.1 Å². The number of para-hydroxylation sites is 2. The fourth-order valence-corrected chi connectivity index (χ4v) is 0.933. The number of hydrogen-bond donors (Lipinski definition) is 0. The molecule has 50 valence electrons. The molecule has 2 nitrogen and oxygen atoms in total. The first-order valence-electron chi connectivity index (χ1n) is 3.59. The zero-order valence-electron chi connectivity index (χ0n) is 6.59. The number of nitrogens with zero attached hydrogens (tertiary/aromatic N) is 1. The summed E-state index contributed by atoms with van der Waals surface area (Å²) in [6.45, 7) is 1.80. The molecule has 0 fully saturated rings. The van der Waals surface area contributed by atoms with E-state index in [9.17, 15) is 0 Å². The Morgan fingerprint density at radius 1 is 1.60 bits per heavy atom. The average molecular weight is 134 g/mol. The molecule has 2 heteroatoms. The summed E-state index contributed by atoms with van der Waals surface area (Å²) in [6.07, 6.45) is 0. The van der Waals surface area contributed by atoms with Crippen molar-refractivity contribution in [2.24, 2.45) is 0 Å². The highest BCUT2D eigenvalue weighted by atomic mass is 16.3. The van der Waals surface area contributed by atoms with Crippen LogP contribution in [0.5, 0.6) is 0 Å². The van der Waals surface area contributed by atoms with Gasteiger partial charge in [-0.1, -0.05) is 12.1 Å². The van der Waals surface area contributed by atoms with Gasteiger partial charge in [0.25, 0.3) is 0 Å². The van der Waals surface area contributed by atoms with Crippen LogP contribution in [0.2, 0.25) is 0 Å². The van der Waals surface area contributed by atoms with E-state index in [1.165, 1.54) is 0 Å². The Morgan fingerprint density at radius 3 is 3.40 bits per heavy atom. The molecule has 0 saturated heterocycles. The van der Waals surface area contributed by atoms with Gasteiger partial charge in [0, 0.05) is 6.92 Å². The SMILES string of the molecule is [2H]c1ccc2oc(C)nc2c1. The van der Waals surface area contributed by atoms with Crippen molar-refractivity contribution in [1.29, 1.82) is 0 Å². The fraction of sp³-hybridized carbons (Fsp3) is 0.125. The Balaban J connectivity index is 2.82. The lowest BCUT2D eigenvalue weighted by atomic mass is 10.3. The highest BCUT2D eigenvalue weighted by Gasteiger charge is 1.97. The molecule has 1 aromatic heterocycles. The van der Waals surface area contributed by atoms with Crippen molar-refractivity contribution in [2.75, 3.05) is 0 Å². The van der Waals surface area contributed by atoms with Gasteiger partial charge < -0.3 is 4.42 Å². The molecule has 0 bridgehead atoms. The predicted molar refractivity (Wildman–Crippen MR) is 38.7 cm³/mol. The average Bonchev–Trinajstić information content (AvgIpc) is 2.27. The van der Waals surface area contributed by atoms with E-state index in [4.69, 9.17) is 5.79 Å². The number of aromatic nitrogens is 1. The maximum atomic E-state index is 7.30. The van der Waals surface area contributed by atoms with Crippen molar-refractivity contribution in [3.8, 4) is 0 Å². The third-order valence-electron chi connectivity index (χ3n) is 1.34. The molecule has 0 radical (unpaired) electrons. The fourth-order valence-electron chi connectivity index (χ4n) is 0.933. The monoisotopic (exact) mass is 134 g/mol. The number of rotatable bonds is 0. The van der Waals surface area contributed by atoms with Crippen LogP contribution in [-0.2, 0) is 0 Å². The Kier molecular flexibility index (Phi) is 0.826. The molecule has 0 N–H and O–H groups in total. The van der Waals surface area contributed by atoms with Gasteiger partial charge in [0.2, 0.25) is 0 Å². The molecule has 0 amide bonds. The van der Waals surface area contributed by atoms with Crippen LogP contribution in [0.25, 0.3) is 11.1 Å². The standard InChI is InChI=1S/C8H7NO/c1-6-9-7-4-2-3-5-8(7)10-6/h2-5H,1H3/i2D. The molecule has 0 saturated carbocycles. The minimum absolute atomic E-state index is 0.464. The number of oxazole rings is 1. The number of benzene rings is 1. The molecule has 2 rings (SSSR count). The van der Waals surface area contributed by atoms with Crippen molar-refractivity contribution in [3.63, 3.8) is 0 Å². The molecule has 0 atom stereocenters. The summed E-state index contributed by atoms with van der Waals surface area (Å²) in [7, 11) is 0. The second-order valence-corrected chi connectivity index (χ2v) is 2.13. The smallest absolute Gasteiger partial charge is 0.192 e. The summed E-state index contributed by atoms with van der Waals surface area (Å²) in [4.78, 5) is 4.09. The highest BCUT2D eigenvalue weighted by molar-refractivity contribution is 5.71. The highest BCUT2D eigenvalue weighted by Crippen LogP contribution is 2.12. The minimum atomic E-state index is 0.464. The van der Waals surface area contributed by atoms with Gasteiger partial charge in [-0.3, -0.25) is 0 Å².